The first-order valence-electron chi connectivity index (χ1n) is 10.8. The number of aryl methyl sites for hydroxylation is 2. The van der Waals surface area contributed by atoms with Crippen LogP contribution in [0.5, 0.6) is 0 Å². The van der Waals surface area contributed by atoms with E-state index in [4.69, 9.17) is 4.52 Å². The summed E-state index contributed by atoms with van der Waals surface area (Å²) in [6.07, 6.45) is 5.06. The molecule has 5 nitrogen and oxygen atoms in total. The molecule has 2 aromatic heterocycles. The predicted molar refractivity (Wildman–Crippen MR) is 111 cm³/mol. The van der Waals surface area contributed by atoms with Crippen LogP contribution in [0.4, 0.5) is 0 Å². The van der Waals surface area contributed by atoms with Gasteiger partial charge in [-0.25, -0.2) is 0 Å². The lowest BCUT2D eigenvalue weighted by Crippen LogP contribution is -2.26. The van der Waals surface area contributed by atoms with Gasteiger partial charge in [-0.3, -0.25) is 0 Å². The van der Waals surface area contributed by atoms with Crippen molar-refractivity contribution in [3.63, 3.8) is 0 Å². The zero-order valence-corrected chi connectivity index (χ0v) is 18.0. The SMILES string of the molecule is Cc1noc(C)c1-c1ccc(CC2C[C@@H]3CN(CCC(C)(C)C)C[C@@H]3C2)nn1. The number of likely N-dealkylation sites (tertiary alicyclic amines) is 1. The number of rotatable bonds is 5. The Bertz CT molecular complexity index is 772. The second-order valence-electron chi connectivity index (χ2n) is 10.2. The normalized spacial score (nSPS) is 25.4. The molecule has 1 saturated heterocycles. The zero-order chi connectivity index (χ0) is 19.9. The molecule has 28 heavy (non-hydrogen) atoms. The molecule has 0 radical (unpaired) electrons. The van der Waals surface area contributed by atoms with Crippen molar-refractivity contribution in [3.8, 4) is 11.3 Å². The van der Waals surface area contributed by atoms with Crippen molar-refractivity contribution in [2.24, 2.45) is 23.2 Å². The predicted octanol–water partition coefficient (Wildman–Crippen LogP) is 4.69. The molecule has 1 aliphatic heterocycles. The van der Waals surface area contributed by atoms with Crippen molar-refractivity contribution in [2.45, 2.75) is 60.3 Å². The highest BCUT2D eigenvalue weighted by Gasteiger charge is 2.40. The van der Waals surface area contributed by atoms with Gasteiger partial charge in [0.1, 0.15) is 5.76 Å². The van der Waals surface area contributed by atoms with E-state index in [1.807, 2.05) is 13.8 Å². The maximum Gasteiger partial charge on any atom is 0.143 e. The lowest BCUT2D eigenvalue weighted by atomic mass is 9.92. The van der Waals surface area contributed by atoms with E-state index in [2.05, 4.69) is 53.2 Å². The Labute approximate surface area is 168 Å². The number of hydrogen-bond donors (Lipinski definition) is 0. The van der Waals surface area contributed by atoms with Crippen LogP contribution in [0.25, 0.3) is 11.3 Å². The highest BCUT2D eigenvalue weighted by molar-refractivity contribution is 5.63. The van der Waals surface area contributed by atoms with E-state index in [-0.39, 0.29) is 0 Å². The quantitative estimate of drug-likeness (QED) is 0.751. The molecule has 0 amide bonds. The molecule has 0 bridgehead atoms. The molecule has 4 rings (SSSR count). The Morgan fingerprint density at radius 3 is 2.32 bits per heavy atom. The van der Waals surface area contributed by atoms with Crippen LogP contribution in [0, 0.1) is 37.0 Å². The van der Waals surface area contributed by atoms with Gasteiger partial charge in [0.05, 0.1) is 22.6 Å². The second kappa shape index (κ2) is 7.58. The maximum absolute atomic E-state index is 5.25. The first kappa shape index (κ1) is 19.6. The molecular weight excluding hydrogens is 348 g/mol. The molecule has 5 heteroatoms. The molecular formula is C23H34N4O. The van der Waals surface area contributed by atoms with Crippen molar-refractivity contribution in [3.05, 3.63) is 29.3 Å². The summed E-state index contributed by atoms with van der Waals surface area (Å²) in [4.78, 5) is 2.70. The number of fused-ring (bicyclic) bond motifs is 1. The molecule has 2 aliphatic rings. The topological polar surface area (TPSA) is 55.1 Å². The molecule has 3 atom stereocenters. The van der Waals surface area contributed by atoms with Gasteiger partial charge in [-0.15, -0.1) is 0 Å². The smallest absolute Gasteiger partial charge is 0.143 e. The molecule has 0 spiro atoms. The van der Waals surface area contributed by atoms with Crippen LogP contribution >= 0.6 is 0 Å². The van der Waals surface area contributed by atoms with Crippen LogP contribution in [-0.4, -0.2) is 39.9 Å². The van der Waals surface area contributed by atoms with Crippen LogP contribution in [0.15, 0.2) is 16.7 Å². The lowest BCUT2D eigenvalue weighted by molar-refractivity contribution is 0.245. The average molecular weight is 383 g/mol. The first-order valence-corrected chi connectivity index (χ1v) is 10.8. The minimum atomic E-state index is 0.439. The highest BCUT2D eigenvalue weighted by Crippen LogP contribution is 2.43. The Kier molecular flexibility index (Phi) is 5.30. The Balaban J connectivity index is 1.30. The zero-order valence-electron chi connectivity index (χ0n) is 18.0. The van der Waals surface area contributed by atoms with E-state index >= 15 is 0 Å². The highest BCUT2D eigenvalue weighted by atomic mass is 16.5. The number of aromatic nitrogens is 3. The van der Waals surface area contributed by atoms with Crippen LogP contribution in [0.1, 0.15) is 57.2 Å². The van der Waals surface area contributed by atoms with Crippen LogP contribution < -0.4 is 0 Å². The van der Waals surface area contributed by atoms with Gasteiger partial charge in [-0.2, -0.15) is 10.2 Å². The van der Waals surface area contributed by atoms with Gasteiger partial charge in [0, 0.05) is 13.1 Å². The van der Waals surface area contributed by atoms with Gasteiger partial charge in [-0.05, 0) is 81.4 Å². The van der Waals surface area contributed by atoms with E-state index in [1.165, 1.54) is 38.9 Å². The van der Waals surface area contributed by atoms with Gasteiger partial charge in [-0.1, -0.05) is 25.9 Å². The van der Waals surface area contributed by atoms with Crippen molar-refractivity contribution >= 4 is 0 Å². The van der Waals surface area contributed by atoms with E-state index in [0.717, 1.165) is 52.6 Å². The van der Waals surface area contributed by atoms with E-state index in [9.17, 15) is 0 Å². The Morgan fingerprint density at radius 1 is 1.07 bits per heavy atom. The third kappa shape index (κ3) is 4.29. The molecule has 0 aromatic carbocycles. The monoisotopic (exact) mass is 382 g/mol. The van der Waals surface area contributed by atoms with Gasteiger partial charge in [0.2, 0.25) is 0 Å². The van der Waals surface area contributed by atoms with Gasteiger partial charge >= 0.3 is 0 Å². The summed E-state index contributed by atoms with van der Waals surface area (Å²) in [6.45, 7) is 14.8. The van der Waals surface area contributed by atoms with Crippen LogP contribution in [-0.2, 0) is 6.42 Å². The minimum absolute atomic E-state index is 0.439. The van der Waals surface area contributed by atoms with Gasteiger partial charge < -0.3 is 9.42 Å². The van der Waals surface area contributed by atoms with Crippen LogP contribution in [0.2, 0.25) is 0 Å². The molecule has 1 aliphatic carbocycles. The number of hydrogen-bond acceptors (Lipinski definition) is 5. The summed E-state index contributed by atoms with van der Waals surface area (Å²) in [6, 6.07) is 4.21. The van der Waals surface area contributed by atoms with Gasteiger partial charge in [0.25, 0.3) is 0 Å². The van der Waals surface area contributed by atoms with E-state index in [1.54, 1.807) is 0 Å². The molecule has 1 saturated carbocycles. The summed E-state index contributed by atoms with van der Waals surface area (Å²) in [5.41, 5.74) is 4.26. The summed E-state index contributed by atoms with van der Waals surface area (Å²) < 4.78 is 5.25. The van der Waals surface area contributed by atoms with Crippen molar-refractivity contribution < 1.29 is 4.52 Å². The van der Waals surface area contributed by atoms with Gasteiger partial charge in [0.15, 0.2) is 0 Å². The Morgan fingerprint density at radius 2 is 1.79 bits per heavy atom. The fourth-order valence-corrected chi connectivity index (χ4v) is 5.11. The molecule has 152 valence electrons. The summed E-state index contributed by atoms with van der Waals surface area (Å²) in [5, 5.41) is 13.0. The molecule has 3 heterocycles. The number of nitrogens with zero attached hydrogens (tertiary/aromatic N) is 4. The van der Waals surface area contributed by atoms with Crippen molar-refractivity contribution in [2.75, 3.05) is 19.6 Å². The second-order valence-corrected chi connectivity index (χ2v) is 10.2. The third-order valence-electron chi connectivity index (χ3n) is 6.61. The third-order valence-corrected chi connectivity index (χ3v) is 6.61. The standard InChI is InChI=1S/C23H34N4O/c1-15-22(16(2)28-26-15)21-7-6-20(24-25-21)12-17-10-18-13-27(14-19(18)11-17)9-8-23(3,4)5/h6-7,17-19H,8-14H2,1-5H3/t17?,18-,19+. The molecule has 0 N–H and O–H groups in total. The Hall–Kier alpha value is -1.75. The fraction of sp³-hybridized carbons (Fsp3) is 0.696. The fourth-order valence-electron chi connectivity index (χ4n) is 5.11. The van der Waals surface area contributed by atoms with Crippen molar-refractivity contribution in [1.82, 2.24) is 20.3 Å². The molecule has 1 unspecified atom stereocenters. The molecule has 2 aromatic rings. The average Bonchev–Trinajstić information content (AvgIpc) is 3.27. The molecule has 2 fully saturated rings. The van der Waals surface area contributed by atoms with E-state index in [0.29, 0.717) is 5.41 Å². The van der Waals surface area contributed by atoms with Crippen LogP contribution in [0.3, 0.4) is 0 Å². The first-order chi connectivity index (χ1) is 13.3. The summed E-state index contributed by atoms with van der Waals surface area (Å²) in [7, 11) is 0. The lowest BCUT2D eigenvalue weighted by Gasteiger charge is -2.24. The maximum atomic E-state index is 5.25. The summed E-state index contributed by atoms with van der Waals surface area (Å²) in [5.74, 6) is 3.34. The largest absolute Gasteiger partial charge is 0.361 e. The van der Waals surface area contributed by atoms with E-state index < -0.39 is 0 Å². The minimum Gasteiger partial charge on any atom is -0.361 e. The summed E-state index contributed by atoms with van der Waals surface area (Å²) >= 11 is 0. The van der Waals surface area contributed by atoms with Crippen molar-refractivity contribution in [1.29, 1.82) is 0 Å².